The molecule has 90 valence electrons. The van der Waals surface area contributed by atoms with Crippen LogP contribution in [0.25, 0.3) is 0 Å². The van der Waals surface area contributed by atoms with Gasteiger partial charge in [0.05, 0.1) is 5.56 Å². The maximum atomic E-state index is 12.6. The molecule has 1 atom stereocenters. The van der Waals surface area contributed by atoms with Gasteiger partial charge in [-0.2, -0.15) is 13.2 Å². The number of hydrogen-bond acceptors (Lipinski definition) is 2. The topological polar surface area (TPSA) is 38.0 Å². The van der Waals surface area contributed by atoms with E-state index in [1.807, 2.05) is 6.92 Å². The predicted molar refractivity (Wildman–Crippen MR) is 59.5 cm³/mol. The van der Waals surface area contributed by atoms with Crippen LogP contribution in [-0.4, -0.2) is 0 Å². The molecule has 0 amide bonds. The first-order chi connectivity index (χ1) is 7.40. The highest BCUT2D eigenvalue weighted by molar-refractivity contribution is 9.10. The van der Waals surface area contributed by atoms with Gasteiger partial charge < -0.3 is 0 Å². The Morgan fingerprint density at radius 2 is 2.06 bits per heavy atom. The Hall–Kier alpha value is -0.590. The molecule has 1 unspecified atom stereocenters. The van der Waals surface area contributed by atoms with Gasteiger partial charge in [-0.3, -0.25) is 11.3 Å². The average Bonchev–Trinajstić information content (AvgIpc) is 2.20. The lowest BCUT2D eigenvalue weighted by atomic mass is 10.0. The van der Waals surface area contributed by atoms with Gasteiger partial charge >= 0.3 is 6.18 Å². The fourth-order valence-electron chi connectivity index (χ4n) is 1.43. The van der Waals surface area contributed by atoms with Crippen molar-refractivity contribution >= 4 is 15.9 Å². The molecule has 16 heavy (non-hydrogen) atoms. The second kappa shape index (κ2) is 5.16. The minimum Gasteiger partial charge on any atom is -0.271 e. The van der Waals surface area contributed by atoms with Crippen molar-refractivity contribution in [1.82, 2.24) is 5.43 Å². The summed E-state index contributed by atoms with van der Waals surface area (Å²) >= 11 is 2.89. The Labute approximate surface area is 100 Å². The van der Waals surface area contributed by atoms with Gasteiger partial charge in [0, 0.05) is 10.5 Å². The van der Waals surface area contributed by atoms with Gasteiger partial charge in [-0.1, -0.05) is 28.9 Å². The fraction of sp³-hybridized carbons (Fsp3) is 0.400. The van der Waals surface area contributed by atoms with Crippen molar-refractivity contribution in [2.75, 3.05) is 0 Å². The number of hydrogen-bond donors (Lipinski definition) is 2. The summed E-state index contributed by atoms with van der Waals surface area (Å²) in [6.07, 6.45) is -3.74. The molecule has 0 heterocycles. The summed E-state index contributed by atoms with van der Waals surface area (Å²) in [4.78, 5) is 0. The normalized spacial score (nSPS) is 13.9. The molecule has 0 fully saturated rings. The molecule has 0 aliphatic rings. The summed E-state index contributed by atoms with van der Waals surface area (Å²) in [6.45, 7) is 1.85. The molecule has 0 saturated carbocycles. The first kappa shape index (κ1) is 13.5. The molecule has 0 aromatic heterocycles. The molecule has 1 aromatic rings. The lowest BCUT2D eigenvalue weighted by Gasteiger charge is -2.17. The molecule has 0 radical (unpaired) electrons. The lowest BCUT2D eigenvalue weighted by Crippen LogP contribution is -2.27. The molecule has 0 spiro atoms. The molecule has 6 heteroatoms. The Morgan fingerprint density at radius 3 is 2.50 bits per heavy atom. The number of hydrazine groups is 1. The Balaban J connectivity index is 3.17. The van der Waals surface area contributed by atoms with Gasteiger partial charge in [0.2, 0.25) is 0 Å². The summed E-state index contributed by atoms with van der Waals surface area (Å²) in [7, 11) is 0. The zero-order chi connectivity index (χ0) is 12.3. The third-order valence-corrected chi connectivity index (χ3v) is 3.00. The van der Waals surface area contributed by atoms with E-state index in [2.05, 4.69) is 21.4 Å². The van der Waals surface area contributed by atoms with Crippen molar-refractivity contribution in [2.24, 2.45) is 5.84 Å². The van der Waals surface area contributed by atoms with Gasteiger partial charge in [0.25, 0.3) is 0 Å². The summed E-state index contributed by atoms with van der Waals surface area (Å²) in [5.41, 5.74) is 2.33. The van der Waals surface area contributed by atoms with E-state index in [1.165, 1.54) is 6.07 Å². The van der Waals surface area contributed by atoms with Crippen molar-refractivity contribution in [1.29, 1.82) is 0 Å². The summed E-state index contributed by atoms with van der Waals surface area (Å²) in [5, 5.41) is 0. The van der Waals surface area contributed by atoms with E-state index in [0.717, 1.165) is 6.07 Å². The minimum atomic E-state index is -4.36. The van der Waals surface area contributed by atoms with Crippen molar-refractivity contribution in [3.63, 3.8) is 0 Å². The number of rotatable bonds is 3. The molecule has 1 rings (SSSR count). The molecule has 2 nitrogen and oxygen atoms in total. The second-order valence-electron chi connectivity index (χ2n) is 3.36. The zero-order valence-corrected chi connectivity index (χ0v) is 10.2. The van der Waals surface area contributed by atoms with Crippen molar-refractivity contribution < 1.29 is 13.2 Å². The highest BCUT2D eigenvalue weighted by Crippen LogP contribution is 2.36. The van der Waals surface area contributed by atoms with Crippen LogP contribution in [-0.2, 0) is 6.18 Å². The Bertz CT molecular complexity index is 362. The average molecular weight is 297 g/mol. The van der Waals surface area contributed by atoms with Gasteiger partial charge in [-0.15, -0.1) is 0 Å². The highest BCUT2D eigenvalue weighted by atomic mass is 79.9. The standard InChI is InChI=1S/C10H12BrF3N2/c1-2-9(16-15)6-3-4-8(11)7(5-6)10(12,13)14/h3-5,9,16H,2,15H2,1H3. The zero-order valence-electron chi connectivity index (χ0n) is 8.61. The van der Waals surface area contributed by atoms with Gasteiger partial charge in [0.1, 0.15) is 0 Å². The number of halogens is 4. The summed E-state index contributed by atoms with van der Waals surface area (Å²) in [6, 6.07) is 3.85. The van der Waals surface area contributed by atoms with E-state index in [9.17, 15) is 13.2 Å². The quantitative estimate of drug-likeness (QED) is 0.663. The van der Waals surface area contributed by atoms with E-state index in [0.29, 0.717) is 12.0 Å². The van der Waals surface area contributed by atoms with Gasteiger partial charge in [-0.05, 0) is 24.1 Å². The predicted octanol–water partition coefficient (Wildman–Crippen LogP) is 3.38. The van der Waals surface area contributed by atoms with Crippen LogP contribution in [0.4, 0.5) is 13.2 Å². The van der Waals surface area contributed by atoms with Crippen LogP contribution >= 0.6 is 15.9 Å². The second-order valence-corrected chi connectivity index (χ2v) is 4.22. The van der Waals surface area contributed by atoms with E-state index < -0.39 is 11.7 Å². The molecule has 0 aliphatic heterocycles. The van der Waals surface area contributed by atoms with Crippen LogP contribution in [0.1, 0.15) is 30.5 Å². The van der Waals surface area contributed by atoms with Gasteiger partial charge in [0.15, 0.2) is 0 Å². The maximum absolute atomic E-state index is 12.6. The SMILES string of the molecule is CCC(NN)c1ccc(Br)c(C(F)(F)F)c1. The number of alkyl halides is 3. The molecule has 0 saturated heterocycles. The molecule has 1 aromatic carbocycles. The van der Waals surface area contributed by atoms with E-state index in [1.54, 1.807) is 6.07 Å². The van der Waals surface area contributed by atoms with Crippen LogP contribution in [0.15, 0.2) is 22.7 Å². The van der Waals surface area contributed by atoms with E-state index in [4.69, 9.17) is 5.84 Å². The van der Waals surface area contributed by atoms with Crippen LogP contribution in [0.5, 0.6) is 0 Å². The maximum Gasteiger partial charge on any atom is 0.417 e. The molecule has 0 bridgehead atoms. The number of nitrogens with two attached hydrogens (primary N) is 1. The lowest BCUT2D eigenvalue weighted by molar-refractivity contribution is -0.138. The van der Waals surface area contributed by atoms with E-state index >= 15 is 0 Å². The molecular weight excluding hydrogens is 285 g/mol. The van der Waals surface area contributed by atoms with Crippen LogP contribution in [0.3, 0.4) is 0 Å². The molecule has 3 N–H and O–H groups in total. The monoisotopic (exact) mass is 296 g/mol. The fourth-order valence-corrected chi connectivity index (χ4v) is 1.90. The molecule has 0 aliphatic carbocycles. The van der Waals surface area contributed by atoms with Crippen molar-refractivity contribution in [3.05, 3.63) is 33.8 Å². The number of nitrogens with one attached hydrogen (secondary N) is 1. The Kier molecular flexibility index (Phi) is 4.35. The van der Waals surface area contributed by atoms with Crippen LogP contribution in [0, 0.1) is 0 Å². The summed E-state index contributed by atoms with van der Waals surface area (Å²) < 4.78 is 37.9. The third-order valence-electron chi connectivity index (χ3n) is 2.31. The van der Waals surface area contributed by atoms with Crippen molar-refractivity contribution in [3.8, 4) is 0 Å². The largest absolute Gasteiger partial charge is 0.417 e. The third kappa shape index (κ3) is 2.96. The minimum absolute atomic E-state index is 0.0376. The van der Waals surface area contributed by atoms with Crippen LogP contribution < -0.4 is 11.3 Å². The number of benzene rings is 1. The smallest absolute Gasteiger partial charge is 0.271 e. The molecular formula is C10H12BrF3N2. The summed E-state index contributed by atoms with van der Waals surface area (Å²) in [5.74, 6) is 5.27. The van der Waals surface area contributed by atoms with E-state index in [-0.39, 0.29) is 10.5 Å². The highest BCUT2D eigenvalue weighted by Gasteiger charge is 2.33. The Morgan fingerprint density at radius 1 is 1.44 bits per heavy atom. The first-order valence-corrected chi connectivity index (χ1v) is 5.52. The first-order valence-electron chi connectivity index (χ1n) is 4.73. The van der Waals surface area contributed by atoms with Gasteiger partial charge in [-0.25, -0.2) is 0 Å². The van der Waals surface area contributed by atoms with Crippen molar-refractivity contribution in [2.45, 2.75) is 25.6 Å². The van der Waals surface area contributed by atoms with Crippen LogP contribution in [0.2, 0.25) is 0 Å².